The van der Waals surface area contributed by atoms with Crippen LogP contribution < -0.4 is 0 Å². The van der Waals surface area contributed by atoms with Crippen LogP contribution in [-0.2, 0) is 28.9 Å². The van der Waals surface area contributed by atoms with Crippen LogP contribution >= 0.6 is 0 Å². The Hall–Kier alpha value is -2.43. The van der Waals surface area contributed by atoms with E-state index in [9.17, 15) is 21.6 Å². The first-order chi connectivity index (χ1) is 15.7. The first-order valence-corrected chi connectivity index (χ1v) is 13.9. The van der Waals surface area contributed by atoms with Gasteiger partial charge < -0.3 is 9.64 Å². The van der Waals surface area contributed by atoms with E-state index in [1.165, 1.54) is 29.2 Å². The number of carbonyl (C=O) groups excluding carboxylic acids is 1. The third-order valence-electron chi connectivity index (χ3n) is 5.52. The molecule has 0 N–H and O–H groups in total. The average molecular weight is 510 g/mol. The number of benzene rings is 2. The Bertz CT molecular complexity index is 1230. The third kappa shape index (κ3) is 6.17. The lowest BCUT2D eigenvalue weighted by molar-refractivity contribution is 0.0189. The lowest BCUT2D eigenvalue weighted by atomic mass is 10.2. The Morgan fingerprint density at radius 2 is 1.41 bits per heavy atom. The van der Waals surface area contributed by atoms with E-state index in [1.807, 2.05) is 13.8 Å². The highest BCUT2D eigenvalue weighted by Gasteiger charge is 2.44. The molecule has 2 atom stereocenters. The number of likely N-dealkylation sites (tertiary alicyclic amines) is 1. The standard InChI is InChI=1S/C24H31NO7S2/c1-17-6-10-20(11-7-17)33(27,28)22-14-19(25(15-22)23(26)32-24(3,4)5)16-31-34(29,30)21-12-8-18(2)9-13-21/h6-13,19,22H,14-16H2,1-5H3/t19-,22-/m1/s1. The summed E-state index contributed by atoms with van der Waals surface area (Å²) in [4.78, 5) is 14.3. The SMILES string of the molecule is Cc1ccc(S(=O)(=O)OC[C@H]2C[C@@H](S(=O)(=O)c3ccc(C)cc3)CN2C(=O)OC(C)(C)C)cc1. The van der Waals surface area contributed by atoms with Gasteiger partial charge in [-0.25, -0.2) is 13.2 Å². The van der Waals surface area contributed by atoms with Crippen molar-refractivity contribution in [3.05, 3.63) is 59.7 Å². The topological polar surface area (TPSA) is 107 Å². The zero-order valence-corrected chi connectivity index (χ0v) is 21.6. The molecule has 1 heterocycles. The number of carbonyl (C=O) groups is 1. The van der Waals surface area contributed by atoms with E-state index in [-0.39, 0.29) is 29.4 Å². The molecule has 0 radical (unpaired) electrons. The molecule has 2 aromatic rings. The molecule has 1 amide bonds. The van der Waals surface area contributed by atoms with Gasteiger partial charge >= 0.3 is 6.09 Å². The van der Waals surface area contributed by atoms with Gasteiger partial charge in [0.05, 0.1) is 27.7 Å². The van der Waals surface area contributed by atoms with E-state index in [0.29, 0.717) is 0 Å². The summed E-state index contributed by atoms with van der Waals surface area (Å²) in [5.41, 5.74) is 1.02. The zero-order valence-electron chi connectivity index (χ0n) is 20.0. The summed E-state index contributed by atoms with van der Waals surface area (Å²) in [6, 6.07) is 11.9. The van der Waals surface area contributed by atoms with Gasteiger partial charge in [0.2, 0.25) is 0 Å². The zero-order chi connectivity index (χ0) is 25.3. The second-order valence-corrected chi connectivity index (χ2v) is 13.4. The smallest absolute Gasteiger partial charge is 0.410 e. The Morgan fingerprint density at radius 1 is 0.912 bits per heavy atom. The van der Waals surface area contributed by atoms with Gasteiger partial charge in [-0.3, -0.25) is 4.18 Å². The van der Waals surface area contributed by atoms with Gasteiger partial charge in [-0.2, -0.15) is 8.42 Å². The number of rotatable bonds is 6. The summed E-state index contributed by atoms with van der Waals surface area (Å²) in [6.07, 6.45) is -0.686. The van der Waals surface area contributed by atoms with Gasteiger partial charge in [-0.05, 0) is 65.3 Å². The molecule has 0 bridgehead atoms. The Balaban J connectivity index is 1.84. The number of hydrogen-bond acceptors (Lipinski definition) is 7. The van der Waals surface area contributed by atoms with Crippen LogP contribution in [0.2, 0.25) is 0 Å². The van der Waals surface area contributed by atoms with Crippen LogP contribution in [0.5, 0.6) is 0 Å². The molecule has 34 heavy (non-hydrogen) atoms. The van der Waals surface area contributed by atoms with Crippen LogP contribution in [0.25, 0.3) is 0 Å². The van der Waals surface area contributed by atoms with E-state index < -0.39 is 42.9 Å². The van der Waals surface area contributed by atoms with E-state index in [4.69, 9.17) is 8.92 Å². The monoisotopic (exact) mass is 509 g/mol. The first kappa shape index (κ1) is 26.2. The lowest BCUT2D eigenvalue weighted by Crippen LogP contribution is -2.42. The molecule has 186 valence electrons. The second-order valence-electron chi connectivity index (χ2n) is 9.55. The molecular formula is C24H31NO7S2. The second kappa shape index (κ2) is 9.67. The van der Waals surface area contributed by atoms with Crippen LogP contribution in [0.15, 0.2) is 58.3 Å². The maximum atomic E-state index is 13.3. The van der Waals surface area contributed by atoms with Crippen LogP contribution in [0, 0.1) is 13.8 Å². The quantitative estimate of drug-likeness (QED) is 0.544. The van der Waals surface area contributed by atoms with E-state index >= 15 is 0 Å². The number of amides is 1. The molecule has 2 aromatic carbocycles. The molecule has 1 fully saturated rings. The summed E-state index contributed by atoms with van der Waals surface area (Å²) in [6.45, 7) is 8.30. The van der Waals surface area contributed by atoms with Crippen LogP contribution in [0.4, 0.5) is 4.79 Å². The van der Waals surface area contributed by atoms with Crippen molar-refractivity contribution in [2.75, 3.05) is 13.2 Å². The number of sulfone groups is 1. The first-order valence-electron chi connectivity index (χ1n) is 11.0. The lowest BCUT2D eigenvalue weighted by Gasteiger charge is -2.28. The van der Waals surface area contributed by atoms with E-state index in [2.05, 4.69) is 0 Å². The molecular weight excluding hydrogens is 478 g/mol. The molecule has 8 nitrogen and oxygen atoms in total. The Morgan fingerprint density at radius 3 is 1.91 bits per heavy atom. The van der Waals surface area contributed by atoms with Crippen molar-refractivity contribution in [3.63, 3.8) is 0 Å². The highest BCUT2D eigenvalue weighted by atomic mass is 32.2. The van der Waals surface area contributed by atoms with Gasteiger partial charge in [0.25, 0.3) is 10.1 Å². The summed E-state index contributed by atoms with van der Waals surface area (Å²) in [7, 11) is -7.85. The van der Waals surface area contributed by atoms with Crippen molar-refractivity contribution in [1.29, 1.82) is 0 Å². The predicted octanol–water partition coefficient (Wildman–Crippen LogP) is 3.86. The number of aryl methyl sites for hydroxylation is 2. The van der Waals surface area contributed by atoms with E-state index in [1.54, 1.807) is 45.0 Å². The van der Waals surface area contributed by atoms with E-state index in [0.717, 1.165) is 11.1 Å². The minimum absolute atomic E-state index is 0.0104. The normalized spacial score (nSPS) is 19.3. The van der Waals surface area contributed by atoms with Gasteiger partial charge in [-0.15, -0.1) is 0 Å². The van der Waals surface area contributed by atoms with Crippen LogP contribution in [-0.4, -0.2) is 57.9 Å². The van der Waals surface area contributed by atoms with Crippen molar-refractivity contribution in [2.24, 2.45) is 0 Å². The van der Waals surface area contributed by atoms with Gasteiger partial charge in [-0.1, -0.05) is 35.4 Å². The number of nitrogens with zero attached hydrogens (tertiary/aromatic N) is 1. The summed E-state index contributed by atoms with van der Waals surface area (Å²) in [5.74, 6) is 0. The highest BCUT2D eigenvalue weighted by molar-refractivity contribution is 7.92. The fourth-order valence-corrected chi connectivity index (χ4v) is 6.34. The van der Waals surface area contributed by atoms with Crippen LogP contribution in [0.3, 0.4) is 0 Å². The molecule has 0 saturated carbocycles. The maximum Gasteiger partial charge on any atom is 0.410 e. The van der Waals surface area contributed by atoms with Crippen molar-refractivity contribution in [3.8, 4) is 0 Å². The fraction of sp³-hybridized carbons (Fsp3) is 0.458. The molecule has 0 aromatic heterocycles. The van der Waals surface area contributed by atoms with Gasteiger partial charge in [0.1, 0.15) is 5.60 Å². The fourth-order valence-electron chi connectivity index (χ4n) is 3.66. The Labute approximate surface area is 201 Å². The van der Waals surface area contributed by atoms with Crippen molar-refractivity contribution >= 4 is 26.0 Å². The summed E-state index contributed by atoms with van der Waals surface area (Å²) >= 11 is 0. The van der Waals surface area contributed by atoms with Crippen molar-refractivity contribution < 1.29 is 30.6 Å². The molecule has 0 aliphatic carbocycles. The molecule has 1 aliphatic rings. The maximum absolute atomic E-state index is 13.3. The summed E-state index contributed by atoms with van der Waals surface area (Å²) in [5, 5.41) is -0.918. The minimum Gasteiger partial charge on any atom is -0.444 e. The average Bonchev–Trinajstić information content (AvgIpc) is 3.17. The number of ether oxygens (including phenoxy) is 1. The Kier molecular flexibility index (Phi) is 7.45. The summed E-state index contributed by atoms with van der Waals surface area (Å²) < 4.78 is 62.6. The predicted molar refractivity (Wildman–Crippen MR) is 128 cm³/mol. The van der Waals surface area contributed by atoms with Gasteiger partial charge in [0.15, 0.2) is 9.84 Å². The van der Waals surface area contributed by atoms with Crippen LogP contribution in [0.1, 0.15) is 38.3 Å². The number of hydrogen-bond donors (Lipinski definition) is 0. The molecule has 3 rings (SSSR count). The molecule has 10 heteroatoms. The van der Waals surface area contributed by atoms with Crippen molar-refractivity contribution in [1.82, 2.24) is 4.90 Å². The largest absolute Gasteiger partial charge is 0.444 e. The molecule has 0 spiro atoms. The van der Waals surface area contributed by atoms with Crippen molar-refractivity contribution in [2.45, 2.75) is 67.7 Å². The molecule has 1 saturated heterocycles. The highest BCUT2D eigenvalue weighted by Crippen LogP contribution is 2.30. The minimum atomic E-state index is -4.09. The van der Waals surface area contributed by atoms with Gasteiger partial charge in [0, 0.05) is 6.54 Å². The molecule has 0 unspecified atom stereocenters. The molecule has 1 aliphatic heterocycles. The third-order valence-corrected chi connectivity index (χ3v) is 8.96.